The number of rotatable bonds is 2. The van der Waals surface area contributed by atoms with Crippen LogP contribution in [0.25, 0.3) is 0 Å². The van der Waals surface area contributed by atoms with E-state index in [9.17, 15) is 9.90 Å². The molecule has 2 aliphatic rings. The van der Waals surface area contributed by atoms with Crippen LogP contribution >= 0.6 is 0 Å². The van der Waals surface area contributed by atoms with Gasteiger partial charge in [0.2, 0.25) is 5.91 Å². The molecule has 0 spiro atoms. The second-order valence-electron chi connectivity index (χ2n) is 6.62. The molecule has 2 heterocycles. The molecule has 2 unspecified atom stereocenters. The van der Waals surface area contributed by atoms with Crippen LogP contribution in [0.4, 0.5) is 0 Å². The molecule has 5 nitrogen and oxygen atoms in total. The highest BCUT2D eigenvalue weighted by molar-refractivity contribution is 5.79. The molecule has 116 valence electrons. The van der Waals surface area contributed by atoms with Gasteiger partial charge in [-0.05, 0) is 33.1 Å². The normalized spacial score (nSPS) is 29.3. The molecule has 3 rings (SSSR count). The smallest absolute Gasteiger partial charge is 0.227 e. The number of hydrogen-bond acceptors (Lipinski definition) is 4. The van der Waals surface area contributed by atoms with Gasteiger partial charge in [0.05, 0.1) is 17.7 Å². The topological polar surface area (TPSA) is 66.6 Å². The van der Waals surface area contributed by atoms with Gasteiger partial charge >= 0.3 is 0 Å². The van der Waals surface area contributed by atoms with Crippen LogP contribution in [0.2, 0.25) is 0 Å². The zero-order chi connectivity index (χ0) is 15.0. The minimum absolute atomic E-state index is 0.122. The Balaban J connectivity index is 1.66. The maximum Gasteiger partial charge on any atom is 0.227 e. The molecular formula is C16H24N2O3. The first-order valence-corrected chi connectivity index (χ1v) is 7.91. The zero-order valence-electron chi connectivity index (χ0n) is 12.9. The van der Waals surface area contributed by atoms with Crippen LogP contribution in [0.1, 0.15) is 49.1 Å². The van der Waals surface area contributed by atoms with Gasteiger partial charge in [-0.1, -0.05) is 18.0 Å². The summed E-state index contributed by atoms with van der Waals surface area (Å²) in [5.41, 5.74) is 1.18. The van der Waals surface area contributed by atoms with Gasteiger partial charge in [-0.25, -0.2) is 0 Å². The molecular weight excluding hydrogens is 268 g/mol. The van der Waals surface area contributed by atoms with Crippen LogP contribution in [0.5, 0.6) is 0 Å². The third kappa shape index (κ3) is 2.71. The zero-order valence-corrected chi connectivity index (χ0v) is 12.9. The Hall–Kier alpha value is -1.36. The first kappa shape index (κ1) is 14.6. The summed E-state index contributed by atoms with van der Waals surface area (Å²) in [4.78, 5) is 14.4. The lowest BCUT2D eigenvalue weighted by Crippen LogP contribution is -2.54. The van der Waals surface area contributed by atoms with Crippen molar-refractivity contribution in [2.75, 3.05) is 13.1 Å². The highest BCUT2D eigenvalue weighted by Crippen LogP contribution is 2.39. The van der Waals surface area contributed by atoms with E-state index in [2.05, 4.69) is 5.16 Å². The molecule has 1 N–H and O–H groups in total. The summed E-state index contributed by atoms with van der Waals surface area (Å²) in [7, 11) is 0. The molecule has 1 amide bonds. The van der Waals surface area contributed by atoms with Crippen molar-refractivity contribution < 1.29 is 14.4 Å². The van der Waals surface area contributed by atoms with Crippen molar-refractivity contribution in [1.29, 1.82) is 0 Å². The molecule has 2 fully saturated rings. The predicted octanol–water partition coefficient (Wildman–Crippen LogP) is 1.99. The van der Waals surface area contributed by atoms with Crippen LogP contribution in [-0.2, 0) is 11.2 Å². The van der Waals surface area contributed by atoms with E-state index in [-0.39, 0.29) is 11.8 Å². The number of fused-ring (bicyclic) bond motifs is 1. The van der Waals surface area contributed by atoms with Gasteiger partial charge in [0.25, 0.3) is 0 Å². The quantitative estimate of drug-likeness (QED) is 0.905. The number of hydrogen-bond donors (Lipinski definition) is 1. The lowest BCUT2D eigenvalue weighted by molar-refractivity contribution is -0.142. The van der Waals surface area contributed by atoms with Gasteiger partial charge in [0.15, 0.2) is 0 Å². The average Bonchev–Trinajstić information content (AvgIpc) is 2.78. The molecule has 0 aromatic carbocycles. The first-order chi connectivity index (χ1) is 9.99. The maximum absolute atomic E-state index is 12.5. The fraction of sp³-hybridized carbons (Fsp3) is 0.750. The van der Waals surface area contributed by atoms with E-state index in [0.29, 0.717) is 25.9 Å². The summed E-state index contributed by atoms with van der Waals surface area (Å²) >= 11 is 0. The van der Waals surface area contributed by atoms with E-state index in [4.69, 9.17) is 4.52 Å². The van der Waals surface area contributed by atoms with Gasteiger partial charge in [0.1, 0.15) is 5.76 Å². The predicted molar refractivity (Wildman–Crippen MR) is 77.8 cm³/mol. The average molecular weight is 292 g/mol. The molecule has 21 heavy (non-hydrogen) atoms. The second kappa shape index (κ2) is 5.44. The minimum atomic E-state index is -0.530. The number of carbonyl (C=O) groups is 1. The summed E-state index contributed by atoms with van der Waals surface area (Å²) in [5, 5.41) is 14.6. The largest absolute Gasteiger partial charge is 0.389 e. The number of aliphatic hydroxyl groups is 1. The molecule has 1 aromatic heterocycles. The van der Waals surface area contributed by atoms with Crippen molar-refractivity contribution in [2.45, 2.75) is 58.0 Å². The van der Waals surface area contributed by atoms with Crippen molar-refractivity contribution in [3.8, 4) is 0 Å². The number of amides is 1. The SMILES string of the molecule is Cc1noc(C)c1CC(=O)N1CCC2(O)CCCCC2C1. The Morgan fingerprint density at radius 1 is 1.43 bits per heavy atom. The summed E-state index contributed by atoms with van der Waals surface area (Å²) in [6.07, 6.45) is 5.27. The van der Waals surface area contributed by atoms with E-state index >= 15 is 0 Å². The summed E-state index contributed by atoms with van der Waals surface area (Å²) < 4.78 is 5.12. The summed E-state index contributed by atoms with van der Waals surface area (Å²) in [5.74, 6) is 1.10. The molecule has 1 aliphatic heterocycles. The van der Waals surface area contributed by atoms with Crippen molar-refractivity contribution in [2.24, 2.45) is 5.92 Å². The Bertz CT molecular complexity index is 520. The summed E-state index contributed by atoms with van der Waals surface area (Å²) in [6, 6.07) is 0. The second-order valence-corrected chi connectivity index (χ2v) is 6.62. The third-order valence-electron chi connectivity index (χ3n) is 5.29. The Kier molecular flexibility index (Phi) is 3.78. The first-order valence-electron chi connectivity index (χ1n) is 7.91. The Labute approximate surface area is 125 Å². The van der Waals surface area contributed by atoms with Crippen LogP contribution in [0.3, 0.4) is 0 Å². The molecule has 1 aromatic rings. The number of aryl methyl sites for hydroxylation is 2. The number of nitrogens with zero attached hydrogens (tertiary/aromatic N) is 2. The van der Waals surface area contributed by atoms with Crippen molar-refractivity contribution in [1.82, 2.24) is 10.1 Å². The van der Waals surface area contributed by atoms with E-state index in [1.165, 1.54) is 6.42 Å². The van der Waals surface area contributed by atoms with E-state index < -0.39 is 5.60 Å². The van der Waals surface area contributed by atoms with E-state index in [1.54, 1.807) is 0 Å². The molecule has 5 heteroatoms. The number of carbonyl (C=O) groups excluding carboxylic acids is 1. The van der Waals surface area contributed by atoms with Gasteiger partial charge in [0, 0.05) is 24.6 Å². The van der Waals surface area contributed by atoms with E-state index in [0.717, 1.165) is 36.3 Å². The highest BCUT2D eigenvalue weighted by Gasteiger charge is 2.43. The fourth-order valence-corrected chi connectivity index (χ4v) is 3.81. The standard InChI is InChI=1S/C16H24N2O3/c1-11-14(12(2)21-17-11)9-15(19)18-8-7-16(20)6-4-3-5-13(16)10-18/h13,20H,3-10H2,1-2H3. The fourth-order valence-electron chi connectivity index (χ4n) is 3.81. The van der Waals surface area contributed by atoms with Crippen LogP contribution in [0.15, 0.2) is 4.52 Å². The molecule has 2 atom stereocenters. The van der Waals surface area contributed by atoms with Gasteiger partial charge in [-0.3, -0.25) is 4.79 Å². The van der Waals surface area contributed by atoms with E-state index in [1.807, 2.05) is 18.7 Å². The molecule has 1 saturated heterocycles. The minimum Gasteiger partial charge on any atom is -0.389 e. The molecule has 1 aliphatic carbocycles. The maximum atomic E-state index is 12.5. The monoisotopic (exact) mass is 292 g/mol. The number of likely N-dealkylation sites (tertiary alicyclic amines) is 1. The summed E-state index contributed by atoms with van der Waals surface area (Å²) in [6.45, 7) is 5.07. The van der Waals surface area contributed by atoms with Gasteiger partial charge in [-0.2, -0.15) is 0 Å². The molecule has 0 radical (unpaired) electrons. The Morgan fingerprint density at radius 2 is 2.24 bits per heavy atom. The number of piperidine rings is 1. The lowest BCUT2D eigenvalue weighted by Gasteiger charge is -2.47. The van der Waals surface area contributed by atoms with Crippen LogP contribution in [0, 0.1) is 19.8 Å². The van der Waals surface area contributed by atoms with Crippen molar-refractivity contribution in [3.05, 3.63) is 17.0 Å². The molecule has 0 bridgehead atoms. The Morgan fingerprint density at radius 3 is 2.95 bits per heavy atom. The highest BCUT2D eigenvalue weighted by atomic mass is 16.5. The van der Waals surface area contributed by atoms with Crippen LogP contribution < -0.4 is 0 Å². The number of aromatic nitrogens is 1. The van der Waals surface area contributed by atoms with Crippen molar-refractivity contribution >= 4 is 5.91 Å². The van der Waals surface area contributed by atoms with Crippen LogP contribution in [-0.4, -0.2) is 39.8 Å². The lowest BCUT2D eigenvalue weighted by atomic mass is 9.71. The van der Waals surface area contributed by atoms with Gasteiger partial charge in [-0.15, -0.1) is 0 Å². The van der Waals surface area contributed by atoms with Crippen molar-refractivity contribution in [3.63, 3.8) is 0 Å². The van der Waals surface area contributed by atoms with Gasteiger partial charge < -0.3 is 14.5 Å². The third-order valence-corrected chi connectivity index (χ3v) is 5.29. The molecule has 1 saturated carbocycles.